The van der Waals surface area contributed by atoms with Crippen molar-refractivity contribution in [2.45, 2.75) is 83.1 Å². The van der Waals surface area contributed by atoms with E-state index >= 15 is 0 Å². The van der Waals surface area contributed by atoms with Crippen LogP contribution in [0.5, 0.6) is 0 Å². The maximum atomic E-state index is 13.1. The molecule has 2 aromatic rings. The lowest BCUT2D eigenvalue weighted by Crippen LogP contribution is -2.31. The SMILES string of the molecule is CCCCn1c2c(n3c(C4(C5CC5)CC4)nnc3c1=O)CCCC2. The molecule has 3 aliphatic rings. The highest BCUT2D eigenvalue weighted by Crippen LogP contribution is 2.61. The third-order valence-electron chi connectivity index (χ3n) is 6.43. The van der Waals surface area contributed by atoms with E-state index in [1.165, 1.54) is 49.9 Å². The number of hydrogen-bond donors (Lipinski definition) is 0. The molecule has 0 radical (unpaired) electrons. The zero-order valence-electron chi connectivity index (χ0n) is 14.6. The predicted molar refractivity (Wildman–Crippen MR) is 92.4 cm³/mol. The molecule has 0 amide bonds. The molecule has 5 rings (SSSR count). The summed E-state index contributed by atoms with van der Waals surface area (Å²) in [6, 6.07) is 0. The Morgan fingerprint density at radius 1 is 1.12 bits per heavy atom. The highest BCUT2D eigenvalue weighted by atomic mass is 16.1. The lowest BCUT2D eigenvalue weighted by molar-refractivity contribution is 0.515. The van der Waals surface area contributed by atoms with Crippen molar-refractivity contribution in [3.63, 3.8) is 0 Å². The van der Waals surface area contributed by atoms with Crippen molar-refractivity contribution in [1.82, 2.24) is 19.2 Å². The number of hydrogen-bond acceptors (Lipinski definition) is 3. The summed E-state index contributed by atoms with van der Waals surface area (Å²) in [5, 5.41) is 8.97. The minimum Gasteiger partial charge on any atom is -0.308 e. The highest BCUT2D eigenvalue weighted by Gasteiger charge is 2.58. The van der Waals surface area contributed by atoms with Gasteiger partial charge >= 0.3 is 0 Å². The minimum atomic E-state index is 0.0782. The van der Waals surface area contributed by atoms with E-state index in [9.17, 15) is 4.79 Å². The van der Waals surface area contributed by atoms with Gasteiger partial charge < -0.3 is 4.57 Å². The van der Waals surface area contributed by atoms with Gasteiger partial charge in [-0.2, -0.15) is 0 Å². The van der Waals surface area contributed by atoms with Crippen LogP contribution in [0, 0.1) is 5.92 Å². The van der Waals surface area contributed by atoms with Crippen molar-refractivity contribution in [3.05, 3.63) is 27.6 Å². The molecule has 2 heterocycles. The summed E-state index contributed by atoms with van der Waals surface area (Å²) in [6.45, 7) is 3.00. The van der Waals surface area contributed by atoms with E-state index < -0.39 is 0 Å². The Bertz CT molecular complexity index is 854. The van der Waals surface area contributed by atoms with Gasteiger partial charge in [-0.25, -0.2) is 0 Å². The van der Waals surface area contributed by atoms with E-state index in [1.54, 1.807) is 0 Å². The normalized spacial score (nSPS) is 21.9. The number of fused-ring (bicyclic) bond motifs is 3. The van der Waals surface area contributed by atoms with E-state index in [0.717, 1.165) is 44.0 Å². The fourth-order valence-corrected chi connectivity index (χ4v) is 4.79. The van der Waals surface area contributed by atoms with Gasteiger partial charge in [0, 0.05) is 23.3 Å². The first-order valence-corrected chi connectivity index (χ1v) is 9.76. The van der Waals surface area contributed by atoms with Crippen LogP contribution in [-0.4, -0.2) is 19.2 Å². The van der Waals surface area contributed by atoms with E-state index in [4.69, 9.17) is 0 Å². The van der Waals surface area contributed by atoms with Gasteiger partial charge in [-0.15, -0.1) is 10.2 Å². The molecule has 0 atom stereocenters. The fourth-order valence-electron chi connectivity index (χ4n) is 4.79. The van der Waals surface area contributed by atoms with Crippen LogP contribution in [0.2, 0.25) is 0 Å². The molecule has 0 saturated heterocycles. The molecule has 24 heavy (non-hydrogen) atoms. The maximum absolute atomic E-state index is 13.1. The maximum Gasteiger partial charge on any atom is 0.296 e. The summed E-state index contributed by atoms with van der Waals surface area (Å²) in [4.78, 5) is 13.1. The third kappa shape index (κ3) is 1.96. The molecule has 0 aromatic carbocycles. The van der Waals surface area contributed by atoms with Gasteiger partial charge in [0.05, 0.1) is 0 Å². The minimum absolute atomic E-state index is 0.0782. The zero-order chi connectivity index (χ0) is 16.3. The van der Waals surface area contributed by atoms with Gasteiger partial charge in [0.15, 0.2) is 0 Å². The van der Waals surface area contributed by atoms with Crippen LogP contribution in [-0.2, 0) is 24.8 Å². The van der Waals surface area contributed by atoms with Gasteiger partial charge in [0.25, 0.3) is 5.56 Å². The number of unbranched alkanes of at least 4 members (excludes halogenated alkanes) is 1. The molecular weight excluding hydrogens is 300 g/mol. The molecule has 5 nitrogen and oxygen atoms in total. The van der Waals surface area contributed by atoms with E-state index in [2.05, 4.69) is 21.5 Å². The first-order valence-electron chi connectivity index (χ1n) is 9.76. The Morgan fingerprint density at radius 2 is 1.88 bits per heavy atom. The average molecular weight is 326 g/mol. The smallest absolute Gasteiger partial charge is 0.296 e. The monoisotopic (exact) mass is 326 g/mol. The van der Waals surface area contributed by atoms with Crippen molar-refractivity contribution < 1.29 is 0 Å². The molecular formula is C19H26N4O. The summed E-state index contributed by atoms with van der Waals surface area (Å²) in [5.74, 6) is 1.89. The van der Waals surface area contributed by atoms with Crippen molar-refractivity contribution >= 4 is 5.65 Å². The Labute approximate surface area is 142 Å². The topological polar surface area (TPSA) is 52.2 Å². The second-order valence-electron chi connectivity index (χ2n) is 8.02. The Morgan fingerprint density at radius 3 is 2.54 bits per heavy atom. The quantitative estimate of drug-likeness (QED) is 0.849. The summed E-state index contributed by atoms with van der Waals surface area (Å²) in [5.41, 5.74) is 3.49. The fraction of sp³-hybridized carbons (Fsp3) is 0.737. The van der Waals surface area contributed by atoms with Gasteiger partial charge in [-0.1, -0.05) is 13.3 Å². The Balaban J connectivity index is 1.75. The Hall–Kier alpha value is -1.65. The molecule has 0 N–H and O–H groups in total. The molecule has 0 bridgehead atoms. The Kier molecular flexibility index (Phi) is 3.16. The number of aromatic nitrogens is 4. The first-order chi connectivity index (χ1) is 11.8. The van der Waals surface area contributed by atoms with Crippen molar-refractivity contribution in [2.75, 3.05) is 0 Å². The largest absolute Gasteiger partial charge is 0.308 e. The number of rotatable bonds is 5. The lowest BCUT2D eigenvalue weighted by atomic mass is 9.97. The highest BCUT2D eigenvalue weighted by molar-refractivity contribution is 5.43. The van der Waals surface area contributed by atoms with E-state index in [0.29, 0.717) is 5.65 Å². The number of aryl methyl sites for hydroxylation is 1. The first kappa shape index (κ1) is 14.7. The van der Waals surface area contributed by atoms with Gasteiger partial charge in [-0.05, 0) is 63.7 Å². The molecule has 2 saturated carbocycles. The molecule has 0 spiro atoms. The molecule has 2 fully saturated rings. The van der Waals surface area contributed by atoms with Gasteiger partial charge in [0.2, 0.25) is 5.65 Å². The third-order valence-corrected chi connectivity index (χ3v) is 6.43. The van der Waals surface area contributed by atoms with Crippen molar-refractivity contribution in [1.29, 1.82) is 0 Å². The summed E-state index contributed by atoms with van der Waals surface area (Å²) in [6.07, 6.45) is 11.7. The molecule has 128 valence electrons. The average Bonchev–Trinajstić information content (AvgIpc) is 3.51. The van der Waals surface area contributed by atoms with Crippen LogP contribution in [0.3, 0.4) is 0 Å². The summed E-state index contributed by atoms with van der Waals surface area (Å²) in [7, 11) is 0. The number of nitrogens with zero attached hydrogens (tertiary/aromatic N) is 4. The lowest BCUT2D eigenvalue weighted by Gasteiger charge is -2.24. The molecule has 5 heteroatoms. The second-order valence-corrected chi connectivity index (χ2v) is 8.02. The van der Waals surface area contributed by atoms with E-state index in [-0.39, 0.29) is 11.0 Å². The van der Waals surface area contributed by atoms with Crippen LogP contribution < -0.4 is 5.56 Å². The van der Waals surface area contributed by atoms with Crippen LogP contribution in [0.1, 0.15) is 75.5 Å². The van der Waals surface area contributed by atoms with Gasteiger partial charge in [0.1, 0.15) is 5.82 Å². The molecule has 3 aliphatic carbocycles. The summed E-state index contributed by atoms with van der Waals surface area (Å²) >= 11 is 0. The van der Waals surface area contributed by atoms with E-state index in [1.807, 2.05) is 4.57 Å². The molecule has 0 aliphatic heterocycles. The van der Waals surface area contributed by atoms with Crippen LogP contribution in [0.15, 0.2) is 4.79 Å². The van der Waals surface area contributed by atoms with Crippen molar-refractivity contribution in [3.8, 4) is 0 Å². The van der Waals surface area contributed by atoms with Crippen LogP contribution >= 0.6 is 0 Å². The second kappa shape index (κ2) is 5.17. The zero-order valence-corrected chi connectivity index (χ0v) is 14.6. The van der Waals surface area contributed by atoms with Crippen LogP contribution in [0.4, 0.5) is 0 Å². The van der Waals surface area contributed by atoms with Crippen molar-refractivity contribution in [2.24, 2.45) is 5.92 Å². The summed E-state index contributed by atoms with van der Waals surface area (Å²) < 4.78 is 4.22. The standard InChI is InChI=1S/C19H26N4O/c1-2-3-12-22-14-6-4-5-7-15(14)23-16(17(22)24)20-21-18(23)19(10-11-19)13-8-9-13/h13H,2-12H2,1H3. The van der Waals surface area contributed by atoms with Gasteiger partial charge in [-0.3, -0.25) is 9.20 Å². The molecule has 2 aromatic heterocycles. The predicted octanol–water partition coefficient (Wildman–Crippen LogP) is 3.01. The molecule has 0 unspecified atom stereocenters. The van der Waals surface area contributed by atoms with Crippen LogP contribution in [0.25, 0.3) is 5.65 Å².